The summed E-state index contributed by atoms with van der Waals surface area (Å²) < 4.78 is 26.0. The summed E-state index contributed by atoms with van der Waals surface area (Å²) >= 11 is 0. The van der Waals surface area contributed by atoms with Gasteiger partial charge in [-0.25, -0.2) is 8.78 Å². The molecule has 2 rings (SSSR count). The van der Waals surface area contributed by atoms with Gasteiger partial charge < -0.3 is 10.6 Å². The van der Waals surface area contributed by atoms with Gasteiger partial charge >= 0.3 is 0 Å². The molecule has 1 aromatic carbocycles. The number of nitrogens with two attached hydrogens (primary N) is 1. The molecule has 0 unspecified atom stereocenters. The molecule has 1 amide bonds. The zero-order chi connectivity index (χ0) is 12.4. The number of benzene rings is 1. The fourth-order valence-electron chi connectivity index (χ4n) is 1.96. The second-order valence-corrected chi connectivity index (χ2v) is 4.29. The highest BCUT2D eigenvalue weighted by molar-refractivity contribution is 5.94. The fourth-order valence-corrected chi connectivity index (χ4v) is 1.96. The zero-order valence-corrected chi connectivity index (χ0v) is 10.6. The Balaban J connectivity index is 0.00000162. The third kappa shape index (κ3) is 3.40. The van der Waals surface area contributed by atoms with E-state index in [4.69, 9.17) is 5.73 Å². The Morgan fingerprint density at radius 3 is 2.17 bits per heavy atom. The molecule has 2 N–H and O–H groups in total. The van der Waals surface area contributed by atoms with E-state index in [1.807, 2.05) is 0 Å². The molecule has 0 aromatic heterocycles. The number of amides is 1. The SMILES string of the molecule is Cl.NC1CCN(C(=O)c2cc(F)cc(F)c2)CC1. The predicted octanol–water partition coefficient (Wildman–Crippen LogP) is 1.95. The van der Waals surface area contributed by atoms with Gasteiger partial charge in [0, 0.05) is 30.8 Å². The van der Waals surface area contributed by atoms with Gasteiger partial charge in [0.2, 0.25) is 0 Å². The lowest BCUT2D eigenvalue weighted by Gasteiger charge is -2.30. The lowest BCUT2D eigenvalue weighted by atomic mass is 10.0. The second-order valence-electron chi connectivity index (χ2n) is 4.29. The van der Waals surface area contributed by atoms with E-state index in [2.05, 4.69) is 0 Å². The van der Waals surface area contributed by atoms with Crippen LogP contribution in [0.25, 0.3) is 0 Å². The van der Waals surface area contributed by atoms with Crippen LogP contribution in [0.4, 0.5) is 8.78 Å². The van der Waals surface area contributed by atoms with E-state index in [-0.39, 0.29) is 29.9 Å². The van der Waals surface area contributed by atoms with Gasteiger partial charge in [0.25, 0.3) is 5.91 Å². The topological polar surface area (TPSA) is 46.3 Å². The largest absolute Gasteiger partial charge is 0.339 e. The van der Waals surface area contributed by atoms with Gasteiger partial charge in [0.05, 0.1) is 0 Å². The summed E-state index contributed by atoms with van der Waals surface area (Å²) in [6.45, 7) is 1.08. The molecule has 0 aliphatic carbocycles. The summed E-state index contributed by atoms with van der Waals surface area (Å²) in [5.74, 6) is -1.81. The van der Waals surface area contributed by atoms with E-state index in [0.717, 1.165) is 31.0 Å². The molecule has 1 heterocycles. The highest BCUT2D eigenvalue weighted by atomic mass is 35.5. The van der Waals surface area contributed by atoms with Crippen molar-refractivity contribution in [2.45, 2.75) is 18.9 Å². The quantitative estimate of drug-likeness (QED) is 0.852. The molecular weight excluding hydrogens is 262 g/mol. The maximum atomic E-state index is 13.0. The molecule has 0 radical (unpaired) electrons. The van der Waals surface area contributed by atoms with Gasteiger partial charge in [-0.15, -0.1) is 12.4 Å². The minimum atomic E-state index is -0.734. The first kappa shape index (κ1) is 14.9. The predicted molar refractivity (Wildman–Crippen MR) is 66.7 cm³/mol. The number of likely N-dealkylation sites (tertiary alicyclic amines) is 1. The average molecular weight is 277 g/mol. The Labute approximate surface area is 110 Å². The van der Waals surface area contributed by atoms with Crippen LogP contribution in [-0.4, -0.2) is 29.9 Å². The smallest absolute Gasteiger partial charge is 0.254 e. The fraction of sp³-hybridized carbons (Fsp3) is 0.417. The van der Waals surface area contributed by atoms with Crippen LogP contribution in [0, 0.1) is 11.6 Å². The van der Waals surface area contributed by atoms with Crippen LogP contribution in [0.5, 0.6) is 0 Å². The monoisotopic (exact) mass is 276 g/mol. The van der Waals surface area contributed by atoms with Crippen LogP contribution >= 0.6 is 12.4 Å². The molecule has 1 fully saturated rings. The number of rotatable bonds is 1. The van der Waals surface area contributed by atoms with Crippen molar-refractivity contribution in [3.05, 3.63) is 35.4 Å². The zero-order valence-electron chi connectivity index (χ0n) is 9.73. The number of piperidine rings is 1. The maximum absolute atomic E-state index is 13.0. The first-order valence-electron chi connectivity index (χ1n) is 5.57. The number of hydrogen-bond donors (Lipinski definition) is 1. The Hall–Kier alpha value is -1.20. The van der Waals surface area contributed by atoms with E-state index in [0.29, 0.717) is 13.1 Å². The average Bonchev–Trinajstić information content (AvgIpc) is 2.28. The van der Waals surface area contributed by atoms with Crippen molar-refractivity contribution in [2.75, 3.05) is 13.1 Å². The Morgan fingerprint density at radius 2 is 1.67 bits per heavy atom. The molecule has 100 valence electrons. The van der Waals surface area contributed by atoms with Gasteiger partial charge in [0.1, 0.15) is 11.6 Å². The molecule has 6 heteroatoms. The third-order valence-electron chi connectivity index (χ3n) is 2.94. The van der Waals surface area contributed by atoms with Crippen molar-refractivity contribution in [3.63, 3.8) is 0 Å². The van der Waals surface area contributed by atoms with Crippen molar-refractivity contribution in [1.82, 2.24) is 4.90 Å². The molecule has 1 saturated heterocycles. The van der Waals surface area contributed by atoms with Gasteiger partial charge in [-0.3, -0.25) is 4.79 Å². The van der Waals surface area contributed by atoms with Crippen molar-refractivity contribution in [3.8, 4) is 0 Å². The van der Waals surface area contributed by atoms with Crippen LogP contribution in [-0.2, 0) is 0 Å². The molecule has 18 heavy (non-hydrogen) atoms. The summed E-state index contributed by atoms with van der Waals surface area (Å²) in [6.07, 6.45) is 1.45. The van der Waals surface area contributed by atoms with Gasteiger partial charge in [0.15, 0.2) is 0 Å². The summed E-state index contributed by atoms with van der Waals surface area (Å²) in [5.41, 5.74) is 5.78. The third-order valence-corrected chi connectivity index (χ3v) is 2.94. The van der Waals surface area contributed by atoms with Crippen molar-refractivity contribution in [1.29, 1.82) is 0 Å². The highest BCUT2D eigenvalue weighted by Gasteiger charge is 2.22. The minimum Gasteiger partial charge on any atom is -0.339 e. The molecule has 0 atom stereocenters. The molecule has 1 aliphatic heterocycles. The normalized spacial score (nSPS) is 16.3. The van der Waals surface area contributed by atoms with Crippen molar-refractivity contribution < 1.29 is 13.6 Å². The summed E-state index contributed by atoms with van der Waals surface area (Å²) in [6, 6.07) is 2.98. The molecule has 0 saturated carbocycles. The number of hydrogen-bond acceptors (Lipinski definition) is 2. The first-order chi connectivity index (χ1) is 8.06. The Bertz CT molecular complexity index is 414. The minimum absolute atomic E-state index is 0. The number of carbonyl (C=O) groups excluding carboxylic acids is 1. The van der Waals surface area contributed by atoms with E-state index in [1.165, 1.54) is 0 Å². The molecular formula is C12H15ClF2N2O. The summed E-state index contributed by atoms with van der Waals surface area (Å²) in [7, 11) is 0. The maximum Gasteiger partial charge on any atom is 0.254 e. The van der Waals surface area contributed by atoms with Gasteiger partial charge in [-0.05, 0) is 25.0 Å². The molecule has 1 aliphatic rings. The summed E-state index contributed by atoms with van der Waals surface area (Å²) in [4.78, 5) is 13.5. The molecule has 3 nitrogen and oxygen atoms in total. The van der Waals surface area contributed by atoms with Crippen LogP contribution in [0.15, 0.2) is 18.2 Å². The lowest BCUT2D eigenvalue weighted by molar-refractivity contribution is 0.0713. The Morgan fingerprint density at radius 1 is 1.17 bits per heavy atom. The van der Waals surface area contributed by atoms with E-state index in [9.17, 15) is 13.6 Å². The molecule has 1 aromatic rings. The number of halogens is 3. The van der Waals surface area contributed by atoms with Crippen LogP contribution in [0.2, 0.25) is 0 Å². The van der Waals surface area contributed by atoms with Crippen molar-refractivity contribution in [2.24, 2.45) is 5.73 Å². The standard InChI is InChI=1S/C12H14F2N2O.ClH/c13-9-5-8(6-10(14)7-9)12(17)16-3-1-11(15)2-4-16;/h5-7,11H,1-4,15H2;1H. The number of carbonyl (C=O) groups is 1. The van der Waals surface area contributed by atoms with Crippen LogP contribution in [0.3, 0.4) is 0 Å². The highest BCUT2D eigenvalue weighted by Crippen LogP contribution is 2.14. The van der Waals surface area contributed by atoms with Crippen molar-refractivity contribution >= 4 is 18.3 Å². The second kappa shape index (κ2) is 6.11. The Kier molecular flexibility index (Phi) is 5.04. The summed E-state index contributed by atoms with van der Waals surface area (Å²) in [5, 5.41) is 0. The van der Waals surface area contributed by atoms with Gasteiger partial charge in [-0.1, -0.05) is 0 Å². The van der Waals surface area contributed by atoms with Gasteiger partial charge in [-0.2, -0.15) is 0 Å². The first-order valence-corrected chi connectivity index (χ1v) is 5.57. The van der Waals surface area contributed by atoms with E-state index < -0.39 is 11.6 Å². The number of nitrogens with zero attached hydrogens (tertiary/aromatic N) is 1. The van der Waals surface area contributed by atoms with Crippen LogP contribution < -0.4 is 5.73 Å². The van der Waals surface area contributed by atoms with E-state index in [1.54, 1.807) is 4.90 Å². The lowest BCUT2D eigenvalue weighted by Crippen LogP contribution is -2.42. The van der Waals surface area contributed by atoms with E-state index >= 15 is 0 Å². The molecule has 0 spiro atoms. The van der Waals surface area contributed by atoms with Crippen LogP contribution in [0.1, 0.15) is 23.2 Å². The molecule has 0 bridgehead atoms.